The third-order valence-corrected chi connectivity index (χ3v) is 2.79. The second kappa shape index (κ2) is 4.38. The number of carbonyl (C=O) groups excluding carboxylic acids is 1. The van der Waals surface area contributed by atoms with Gasteiger partial charge in [-0.15, -0.1) is 0 Å². The van der Waals surface area contributed by atoms with Crippen molar-refractivity contribution in [1.29, 1.82) is 0 Å². The monoisotopic (exact) mass is 225 g/mol. The van der Waals surface area contributed by atoms with Gasteiger partial charge in [0.2, 0.25) is 5.91 Å². The van der Waals surface area contributed by atoms with Crippen molar-refractivity contribution in [2.24, 2.45) is 5.92 Å². The number of amides is 1. The van der Waals surface area contributed by atoms with E-state index in [1.54, 1.807) is 6.92 Å². The molecule has 1 aliphatic heterocycles. The molecule has 0 aromatic heterocycles. The molecule has 2 atom stereocenters. The third-order valence-electron chi connectivity index (χ3n) is 2.79. The SMILES string of the molecule is CC1CC(C(F)(F)F)CCN1C(=O)CO. The molecular weight excluding hydrogens is 211 g/mol. The standard InChI is InChI=1S/C9H14F3NO2/c1-6-4-7(9(10,11)12)2-3-13(6)8(15)5-14/h6-7,14H,2-5H2,1H3. The number of piperidine rings is 1. The van der Waals surface area contributed by atoms with Gasteiger partial charge in [-0.05, 0) is 19.8 Å². The lowest BCUT2D eigenvalue weighted by molar-refractivity contribution is -0.191. The van der Waals surface area contributed by atoms with Crippen LogP contribution in [0, 0.1) is 5.92 Å². The highest BCUT2D eigenvalue weighted by Gasteiger charge is 2.43. The molecule has 1 aliphatic rings. The van der Waals surface area contributed by atoms with Gasteiger partial charge in [0.15, 0.2) is 0 Å². The van der Waals surface area contributed by atoms with Crippen molar-refractivity contribution in [3.05, 3.63) is 0 Å². The normalized spacial score (nSPS) is 27.9. The number of aliphatic hydroxyl groups is 1. The lowest BCUT2D eigenvalue weighted by atomic mass is 9.91. The molecule has 0 aliphatic carbocycles. The van der Waals surface area contributed by atoms with Gasteiger partial charge in [-0.2, -0.15) is 13.2 Å². The van der Waals surface area contributed by atoms with Gasteiger partial charge in [-0.1, -0.05) is 0 Å². The van der Waals surface area contributed by atoms with E-state index < -0.39 is 30.7 Å². The van der Waals surface area contributed by atoms with E-state index in [-0.39, 0.29) is 19.4 Å². The Morgan fingerprint density at radius 2 is 2.13 bits per heavy atom. The molecule has 1 fully saturated rings. The largest absolute Gasteiger partial charge is 0.391 e. The molecule has 0 saturated carbocycles. The van der Waals surface area contributed by atoms with E-state index in [1.165, 1.54) is 4.90 Å². The Hall–Kier alpha value is -0.780. The molecule has 0 aromatic carbocycles. The first kappa shape index (κ1) is 12.3. The van der Waals surface area contributed by atoms with Crippen LogP contribution in [0.4, 0.5) is 13.2 Å². The number of rotatable bonds is 1. The number of hydrogen-bond acceptors (Lipinski definition) is 2. The van der Waals surface area contributed by atoms with E-state index >= 15 is 0 Å². The molecule has 2 unspecified atom stereocenters. The van der Waals surface area contributed by atoms with Crippen molar-refractivity contribution >= 4 is 5.91 Å². The molecule has 0 spiro atoms. The van der Waals surface area contributed by atoms with Crippen LogP contribution in [0.5, 0.6) is 0 Å². The van der Waals surface area contributed by atoms with Crippen LogP contribution in [-0.4, -0.2) is 41.3 Å². The van der Waals surface area contributed by atoms with Crippen LogP contribution in [0.2, 0.25) is 0 Å². The minimum Gasteiger partial charge on any atom is -0.387 e. The van der Waals surface area contributed by atoms with Gasteiger partial charge in [-0.25, -0.2) is 0 Å². The maximum absolute atomic E-state index is 12.4. The Bertz CT molecular complexity index is 242. The first-order valence-corrected chi connectivity index (χ1v) is 4.83. The van der Waals surface area contributed by atoms with Crippen molar-refractivity contribution < 1.29 is 23.1 Å². The van der Waals surface area contributed by atoms with E-state index in [2.05, 4.69) is 0 Å². The molecule has 1 amide bonds. The Morgan fingerprint density at radius 1 is 1.53 bits per heavy atom. The van der Waals surface area contributed by atoms with Crippen molar-refractivity contribution in [2.75, 3.05) is 13.2 Å². The number of aliphatic hydroxyl groups excluding tert-OH is 1. The van der Waals surface area contributed by atoms with E-state index in [0.29, 0.717) is 0 Å². The second-order valence-electron chi connectivity index (χ2n) is 3.86. The van der Waals surface area contributed by atoms with Gasteiger partial charge in [0.1, 0.15) is 6.61 Å². The molecule has 1 N–H and O–H groups in total. The van der Waals surface area contributed by atoms with Gasteiger partial charge in [-0.3, -0.25) is 4.79 Å². The van der Waals surface area contributed by atoms with Crippen LogP contribution in [0.25, 0.3) is 0 Å². The highest BCUT2D eigenvalue weighted by molar-refractivity contribution is 5.77. The number of halogens is 3. The minimum atomic E-state index is -4.18. The van der Waals surface area contributed by atoms with Crippen LogP contribution in [-0.2, 0) is 4.79 Å². The van der Waals surface area contributed by atoms with E-state index in [0.717, 1.165) is 0 Å². The van der Waals surface area contributed by atoms with Crippen molar-refractivity contribution in [3.8, 4) is 0 Å². The molecule has 1 saturated heterocycles. The number of alkyl halides is 3. The summed E-state index contributed by atoms with van der Waals surface area (Å²) in [6.07, 6.45) is -4.32. The number of likely N-dealkylation sites (tertiary alicyclic amines) is 1. The van der Waals surface area contributed by atoms with Crippen LogP contribution in [0.3, 0.4) is 0 Å². The maximum atomic E-state index is 12.4. The summed E-state index contributed by atoms with van der Waals surface area (Å²) >= 11 is 0. The van der Waals surface area contributed by atoms with Gasteiger partial charge < -0.3 is 10.0 Å². The summed E-state index contributed by atoms with van der Waals surface area (Å²) in [5.74, 6) is -1.82. The molecular formula is C9H14F3NO2. The zero-order valence-corrected chi connectivity index (χ0v) is 8.42. The van der Waals surface area contributed by atoms with Crippen molar-refractivity contribution in [2.45, 2.75) is 32.0 Å². The quantitative estimate of drug-likeness (QED) is 0.727. The fraction of sp³-hybridized carbons (Fsp3) is 0.889. The maximum Gasteiger partial charge on any atom is 0.391 e. The average Bonchev–Trinajstić information content (AvgIpc) is 2.15. The zero-order chi connectivity index (χ0) is 11.6. The Labute approximate surface area is 85.9 Å². The first-order chi connectivity index (χ1) is 6.86. The Balaban J connectivity index is 2.59. The predicted molar refractivity (Wildman–Crippen MR) is 47.0 cm³/mol. The smallest absolute Gasteiger partial charge is 0.387 e. The minimum absolute atomic E-state index is 0.0699. The highest BCUT2D eigenvalue weighted by atomic mass is 19.4. The zero-order valence-electron chi connectivity index (χ0n) is 8.42. The molecule has 6 heteroatoms. The number of nitrogens with zero attached hydrogens (tertiary/aromatic N) is 1. The summed E-state index contributed by atoms with van der Waals surface area (Å²) in [5.41, 5.74) is 0. The number of hydrogen-bond donors (Lipinski definition) is 1. The highest BCUT2D eigenvalue weighted by Crippen LogP contribution is 2.36. The summed E-state index contributed by atoms with van der Waals surface area (Å²) in [5, 5.41) is 8.62. The fourth-order valence-electron chi connectivity index (χ4n) is 1.93. The van der Waals surface area contributed by atoms with Gasteiger partial charge in [0, 0.05) is 12.6 Å². The predicted octanol–water partition coefficient (Wildman–Crippen LogP) is 1.17. The van der Waals surface area contributed by atoms with Gasteiger partial charge in [0.25, 0.3) is 0 Å². The summed E-state index contributed by atoms with van der Waals surface area (Å²) in [4.78, 5) is 12.4. The fourth-order valence-corrected chi connectivity index (χ4v) is 1.93. The second-order valence-corrected chi connectivity index (χ2v) is 3.86. The van der Waals surface area contributed by atoms with Crippen molar-refractivity contribution in [1.82, 2.24) is 4.90 Å². The molecule has 1 rings (SSSR count). The lowest BCUT2D eigenvalue weighted by Crippen LogP contribution is -2.48. The Morgan fingerprint density at radius 3 is 2.53 bits per heavy atom. The van der Waals surface area contributed by atoms with Crippen LogP contribution in [0.1, 0.15) is 19.8 Å². The molecule has 15 heavy (non-hydrogen) atoms. The summed E-state index contributed by atoms with van der Waals surface area (Å²) in [6.45, 7) is 1.01. The first-order valence-electron chi connectivity index (χ1n) is 4.83. The molecule has 0 bridgehead atoms. The number of carbonyl (C=O) groups is 1. The summed E-state index contributed by atoms with van der Waals surface area (Å²) in [6, 6.07) is -0.454. The molecule has 0 radical (unpaired) electrons. The topological polar surface area (TPSA) is 40.5 Å². The Kier molecular flexibility index (Phi) is 3.59. The summed E-state index contributed by atoms with van der Waals surface area (Å²) < 4.78 is 37.1. The third kappa shape index (κ3) is 2.84. The van der Waals surface area contributed by atoms with E-state index in [9.17, 15) is 18.0 Å². The van der Waals surface area contributed by atoms with Crippen LogP contribution < -0.4 is 0 Å². The summed E-state index contributed by atoms with van der Waals surface area (Å²) in [7, 11) is 0. The van der Waals surface area contributed by atoms with Gasteiger partial charge in [0.05, 0.1) is 5.92 Å². The van der Waals surface area contributed by atoms with Crippen LogP contribution in [0.15, 0.2) is 0 Å². The van der Waals surface area contributed by atoms with E-state index in [1.807, 2.05) is 0 Å². The molecule has 0 aromatic rings. The van der Waals surface area contributed by atoms with E-state index in [4.69, 9.17) is 5.11 Å². The van der Waals surface area contributed by atoms with Crippen molar-refractivity contribution in [3.63, 3.8) is 0 Å². The lowest BCUT2D eigenvalue weighted by Gasteiger charge is -2.38. The molecule has 3 nitrogen and oxygen atoms in total. The molecule has 1 heterocycles. The molecule has 88 valence electrons. The van der Waals surface area contributed by atoms with Gasteiger partial charge >= 0.3 is 6.18 Å². The average molecular weight is 225 g/mol. The van der Waals surface area contributed by atoms with Crippen LogP contribution >= 0.6 is 0 Å².